The van der Waals surface area contributed by atoms with Crippen LogP contribution in [0.4, 0.5) is 5.69 Å². The molecule has 2 amide bonds. The standard InChI is InChI=1S/C20H22N2O6/c1-4-21-19(24)13-6-5-7-15(8-13)22-18(23)12-28-20(25)14-9-16(26-2)11-17(10-14)27-3/h5-11H,4,12H2,1-3H3,(H,21,24)(H,22,23). The molecule has 0 aliphatic carbocycles. The van der Waals surface area contributed by atoms with Crippen LogP contribution in [0.15, 0.2) is 42.5 Å². The monoisotopic (exact) mass is 386 g/mol. The van der Waals surface area contributed by atoms with Crippen molar-refractivity contribution in [2.45, 2.75) is 6.92 Å². The summed E-state index contributed by atoms with van der Waals surface area (Å²) in [4.78, 5) is 36.1. The fraction of sp³-hybridized carbons (Fsp3) is 0.250. The van der Waals surface area contributed by atoms with Crippen molar-refractivity contribution in [1.82, 2.24) is 5.32 Å². The van der Waals surface area contributed by atoms with Gasteiger partial charge in [-0.1, -0.05) is 6.07 Å². The van der Waals surface area contributed by atoms with E-state index in [-0.39, 0.29) is 11.5 Å². The van der Waals surface area contributed by atoms with Crippen LogP contribution in [-0.4, -0.2) is 45.2 Å². The zero-order chi connectivity index (χ0) is 20.5. The second-order valence-electron chi connectivity index (χ2n) is 5.67. The molecule has 8 nitrogen and oxygen atoms in total. The second kappa shape index (κ2) is 9.96. The lowest BCUT2D eigenvalue weighted by Crippen LogP contribution is -2.23. The summed E-state index contributed by atoms with van der Waals surface area (Å²) in [6.45, 7) is 1.83. The molecule has 0 aliphatic heterocycles. The van der Waals surface area contributed by atoms with Crippen molar-refractivity contribution >= 4 is 23.5 Å². The Bertz CT molecular complexity index is 843. The van der Waals surface area contributed by atoms with Gasteiger partial charge in [0.15, 0.2) is 6.61 Å². The van der Waals surface area contributed by atoms with Crippen LogP contribution in [0.2, 0.25) is 0 Å². The number of carbonyl (C=O) groups excluding carboxylic acids is 3. The molecule has 148 valence electrons. The topological polar surface area (TPSA) is 103 Å². The van der Waals surface area contributed by atoms with E-state index in [4.69, 9.17) is 14.2 Å². The molecule has 2 N–H and O–H groups in total. The average Bonchev–Trinajstić information content (AvgIpc) is 2.71. The zero-order valence-corrected chi connectivity index (χ0v) is 15.9. The molecule has 0 radical (unpaired) electrons. The largest absolute Gasteiger partial charge is 0.497 e. The second-order valence-corrected chi connectivity index (χ2v) is 5.67. The van der Waals surface area contributed by atoms with Crippen molar-refractivity contribution < 1.29 is 28.6 Å². The molecule has 0 saturated heterocycles. The fourth-order valence-electron chi connectivity index (χ4n) is 2.34. The van der Waals surface area contributed by atoms with Crippen LogP contribution in [0.1, 0.15) is 27.6 Å². The summed E-state index contributed by atoms with van der Waals surface area (Å²) in [5, 5.41) is 5.26. The van der Waals surface area contributed by atoms with Gasteiger partial charge in [0.05, 0.1) is 19.8 Å². The van der Waals surface area contributed by atoms with Gasteiger partial charge in [0, 0.05) is 23.9 Å². The third kappa shape index (κ3) is 5.73. The van der Waals surface area contributed by atoms with E-state index in [2.05, 4.69) is 10.6 Å². The van der Waals surface area contributed by atoms with E-state index in [1.807, 2.05) is 6.92 Å². The van der Waals surface area contributed by atoms with Crippen LogP contribution in [0.25, 0.3) is 0 Å². The summed E-state index contributed by atoms with van der Waals surface area (Å²) in [5.41, 5.74) is 1.04. The minimum Gasteiger partial charge on any atom is -0.497 e. The summed E-state index contributed by atoms with van der Waals surface area (Å²) in [5.74, 6) is -0.604. The first-order valence-electron chi connectivity index (χ1n) is 8.55. The van der Waals surface area contributed by atoms with E-state index in [1.165, 1.54) is 32.4 Å². The molecule has 0 bridgehead atoms. The third-order valence-electron chi connectivity index (χ3n) is 3.67. The van der Waals surface area contributed by atoms with Gasteiger partial charge in [-0.2, -0.15) is 0 Å². The molecule has 2 aromatic rings. The van der Waals surface area contributed by atoms with Gasteiger partial charge in [-0.15, -0.1) is 0 Å². The molecule has 28 heavy (non-hydrogen) atoms. The van der Waals surface area contributed by atoms with E-state index in [0.717, 1.165) is 0 Å². The Labute approximate surface area is 162 Å². The maximum Gasteiger partial charge on any atom is 0.338 e. The smallest absolute Gasteiger partial charge is 0.338 e. The fourth-order valence-corrected chi connectivity index (χ4v) is 2.34. The molecule has 0 heterocycles. The van der Waals surface area contributed by atoms with E-state index in [1.54, 1.807) is 24.3 Å². The summed E-state index contributed by atoms with van der Waals surface area (Å²) in [7, 11) is 2.93. The highest BCUT2D eigenvalue weighted by molar-refractivity contribution is 5.98. The molecule has 0 atom stereocenters. The van der Waals surface area contributed by atoms with Crippen molar-refractivity contribution in [3.63, 3.8) is 0 Å². The Balaban J connectivity index is 1.96. The number of anilines is 1. The highest BCUT2D eigenvalue weighted by Gasteiger charge is 2.14. The van der Waals surface area contributed by atoms with Gasteiger partial charge in [0.25, 0.3) is 11.8 Å². The molecule has 0 saturated carbocycles. The Kier molecular flexibility index (Phi) is 7.38. The first-order chi connectivity index (χ1) is 13.5. The Morgan fingerprint density at radius 2 is 1.61 bits per heavy atom. The van der Waals surface area contributed by atoms with Crippen LogP contribution in [-0.2, 0) is 9.53 Å². The van der Waals surface area contributed by atoms with Gasteiger partial charge in [-0.25, -0.2) is 4.79 Å². The van der Waals surface area contributed by atoms with E-state index < -0.39 is 18.5 Å². The third-order valence-corrected chi connectivity index (χ3v) is 3.67. The average molecular weight is 386 g/mol. The van der Waals surface area contributed by atoms with Crippen molar-refractivity contribution in [3.8, 4) is 11.5 Å². The van der Waals surface area contributed by atoms with Crippen molar-refractivity contribution in [1.29, 1.82) is 0 Å². The highest BCUT2D eigenvalue weighted by Crippen LogP contribution is 2.23. The number of hydrogen-bond donors (Lipinski definition) is 2. The molecule has 0 unspecified atom stereocenters. The molecular formula is C20H22N2O6. The Morgan fingerprint density at radius 3 is 2.21 bits per heavy atom. The van der Waals surface area contributed by atoms with Crippen molar-refractivity contribution in [2.75, 3.05) is 32.7 Å². The van der Waals surface area contributed by atoms with Crippen LogP contribution in [0, 0.1) is 0 Å². The number of hydrogen-bond acceptors (Lipinski definition) is 6. The van der Waals surface area contributed by atoms with E-state index in [9.17, 15) is 14.4 Å². The van der Waals surface area contributed by atoms with Crippen molar-refractivity contribution in [3.05, 3.63) is 53.6 Å². The highest BCUT2D eigenvalue weighted by atomic mass is 16.5. The summed E-state index contributed by atoms with van der Waals surface area (Å²) < 4.78 is 15.2. The number of methoxy groups -OCH3 is 2. The van der Waals surface area contributed by atoms with Gasteiger partial charge in [-0.05, 0) is 37.3 Å². The number of benzene rings is 2. The van der Waals surface area contributed by atoms with Crippen LogP contribution in [0.5, 0.6) is 11.5 Å². The van der Waals surface area contributed by atoms with Gasteiger partial charge in [0.2, 0.25) is 0 Å². The lowest BCUT2D eigenvalue weighted by molar-refractivity contribution is -0.119. The molecule has 0 spiro atoms. The predicted octanol–water partition coefficient (Wildman–Crippen LogP) is 2.25. The molecule has 2 rings (SSSR count). The maximum atomic E-state index is 12.2. The summed E-state index contributed by atoms with van der Waals surface area (Å²) in [6, 6.07) is 11.0. The number of amides is 2. The SMILES string of the molecule is CCNC(=O)c1cccc(NC(=O)COC(=O)c2cc(OC)cc(OC)c2)c1. The molecule has 0 fully saturated rings. The number of esters is 1. The van der Waals surface area contributed by atoms with Crippen LogP contribution in [0.3, 0.4) is 0 Å². The van der Waals surface area contributed by atoms with Crippen LogP contribution < -0.4 is 20.1 Å². The Morgan fingerprint density at radius 1 is 0.929 bits per heavy atom. The number of ether oxygens (including phenoxy) is 3. The van der Waals surface area contributed by atoms with Gasteiger partial charge in [-0.3, -0.25) is 9.59 Å². The minimum absolute atomic E-state index is 0.197. The predicted molar refractivity (Wildman–Crippen MR) is 103 cm³/mol. The lowest BCUT2D eigenvalue weighted by Gasteiger charge is -2.10. The molecule has 0 aliphatic rings. The first-order valence-corrected chi connectivity index (χ1v) is 8.55. The zero-order valence-electron chi connectivity index (χ0n) is 15.9. The number of rotatable bonds is 8. The summed E-state index contributed by atoms with van der Waals surface area (Å²) in [6.07, 6.45) is 0. The molecule has 8 heteroatoms. The van der Waals surface area contributed by atoms with Gasteiger partial charge >= 0.3 is 5.97 Å². The minimum atomic E-state index is -0.691. The van der Waals surface area contributed by atoms with Crippen LogP contribution >= 0.6 is 0 Å². The number of nitrogens with one attached hydrogen (secondary N) is 2. The molecular weight excluding hydrogens is 364 g/mol. The number of carbonyl (C=O) groups is 3. The summed E-state index contributed by atoms with van der Waals surface area (Å²) >= 11 is 0. The Hall–Kier alpha value is -3.55. The normalized spacial score (nSPS) is 9.96. The van der Waals surface area contributed by atoms with E-state index in [0.29, 0.717) is 29.3 Å². The maximum absolute atomic E-state index is 12.2. The van der Waals surface area contributed by atoms with Crippen molar-refractivity contribution in [2.24, 2.45) is 0 Å². The molecule has 2 aromatic carbocycles. The lowest BCUT2D eigenvalue weighted by atomic mass is 10.2. The van der Waals surface area contributed by atoms with Gasteiger partial charge < -0.3 is 24.8 Å². The first kappa shape index (κ1) is 20.8. The quantitative estimate of drug-likeness (QED) is 0.675. The van der Waals surface area contributed by atoms with E-state index >= 15 is 0 Å². The van der Waals surface area contributed by atoms with Gasteiger partial charge in [0.1, 0.15) is 11.5 Å². The molecule has 0 aromatic heterocycles.